The largest absolute Gasteiger partial charge is 0.497 e. The van der Waals surface area contributed by atoms with Gasteiger partial charge in [-0.1, -0.05) is 50.1 Å². The second-order valence-electron chi connectivity index (χ2n) is 12.2. The number of carboxylic acid groups (broad SMARTS) is 1. The van der Waals surface area contributed by atoms with Crippen LogP contribution in [0, 0.1) is 6.92 Å². The maximum atomic E-state index is 13.6. The third kappa shape index (κ3) is 8.77. The molecule has 0 aliphatic carbocycles. The van der Waals surface area contributed by atoms with Gasteiger partial charge in [-0.15, -0.1) is 0 Å². The van der Waals surface area contributed by atoms with Gasteiger partial charge in [0.2, 0.25) is 5.91 Å². The van der Waals surface area contributed by atoms with Crippen molar-refractivity contribution in [3.05, 3.63) is 83.9 Å². The molecule has 0 bridgehead atoms. The number of aryl methyl sites for hydroxylation is 1. The number of alkyl halides is 3. The van der Waals surface area contributed by atoms with E-state index in [1.165, 1.54) is 0 Å². The molecule has 3 aromatic carbocycles. The number of carbonyl (C=O) groups excluding carboxylic acids is 2. The van der Waals surface area contributed by atoms with Gasteiger partial charge >= 0.3 is 12.1 Å². The number of unbranched alkanes of at least 4 members (excludes halogenated alkanes) is 2. The number of carboxylic acids is 1. The van der Waals surface area contributed by atoms with Gasteiger partial charge in [0.15, 0.2) is 0 Å². The van der Waals surface area contributed by atoms with Gasteiger partial charge in [-0.05, 0) is 55.7 Å². The van der Waals surface area contributed by atoms with E-state index in [0.717, 1.165) is 80.4 Å². The summed E-state index contributed by atoms with van der Waals surface area (Å²) in [6.45, 7) is 3.89. The predicted octanol–water partition coefficient (Wildman–Crippen LogP) is 8.74. The number of para-hydroxylation sites is 2. The Morgan fingerprint density at radius 1 is 0.980 bits per heavy atom. The predicted molar refractivity (Wildman–Crippen MR) is 188 cm³/mol. The van der Waals surface area contributed by atoms with Crippen LogP contribution in [0.4, 0.5) is 13.2 Å². The molecule has 6 aromatic rings. The lowest BCUT2D eigenvalue weighted by molar-refractivity contribution is -0.192. The van der Waals surface area contributed by atoms with E-state index in [0.29, 0.717) is 25.1 Å². The first-order chi connectivity index (χ1) is 24.4. The standard InChI is InChI=1S/C36H38N4O4.C2HF3O2/c1-4-23(41)11-6-5-7-15-31(39-34(42)20-28-22(2)38-30-18-17-24(43-3)19-29(28)30)36-37-21-32(40-36)27-14-10-13-26-25-12-8-9-16-33(25)44-35(26)27;3-2(4,5)1(6)7/h8-10,12-14,16-19,21,31,38H,4-7,11,15,20H2,1-3H3,(H,37,40)(H,39,42);(H,6,7). The molecular formula is C38H39F3N4O6. The number of aromatic nitrogens is 3. The number of halogens is 3. The van der Waals surface area contributed by atoms with Crippen molar-refractivity contribution in [3.63, 3.8) is 0 Å². The van der Waals surface area contributed by atoms with Crippen LogP contribution in [0.3, 0.4) is 0 Å². The van der Waals surface area contributed by atoms with E-state index < -0.39 is 12.1 Å². The number of hydrogen-bond acceptors (Lipinski definition) is 6. The molecular weight excluding hydrogens is 665 g/mol. The van der Waals surface area contributed by atoms with Crippen molar-refractivity contribution in [1.29, 1.82) is 0 Å². The van der Waals surface area contributed by atoms with Crippen LogP contribution in [0.5, 0.6) is 5.75 Å². The summed E-state index contributed by atoms with van der Waals surface area (Å²) >= 11 is 0. The molecule has 51 heavy (non-hydrogen) atoms. The second kappa shape index (κ2) is 16.0. The van der Waals surface area contributed by atoms with Crippen molar-refractivity contribution in [2.75, 3.05) is 7.11 Å². The summed E-state index contributed by atoms with van der Waals surface area (Å²) in [5.74, 6) is -1.10. The quantitative estimate of drug-likeness (QED) is 0.0878. The summed E-state index contributed by atoms with van der Waals surface area (Å²) in [6, 6.07) is 19.7. The molecule has 0 saturated carbocycles. The van der Waals surface area contributed by atoms with Crippen LogP contribution in [0.15, 0.2) is 71.3 Å². The Morgan fingerprint density at radius 3 is 2.45 bits per heavy atom. The summed E-state index contributed by atoms with van der Waals surface area (Å²) in [6.07, 6.45) is 1.45. The molecule has 6 rings (SSSR count). The molecule has 0 fully saturated rings. The lowest BCUT2D eigenvalue weighted by Gasteiger charge is -2.17. The van der Waals surface area contributed by atoms with E-state index >= 15 is 0 Å². The number of methoxy groups -OCH3 is 1. The van der Waals surface area contributed by atoms with E-state index in [1.807, 2.05) is 68.6 Å². The number of furan rings is 1. The summed E-state index contributed by atoms with van der Waals surface area (Å²) < 4.78 is 43.4. The fourth-order valence-electron chi connectivity index (χ4n) is 6.03. The molecule has 10 nitrogen and oxygen atoms in total. The molecule has 4 N–H and O–H groups in total. The van der Waals surface area contributed by atoms with Crippen LogP contribution >= 0.6 is 0 Å². The number of rotatable bonds is 13. The van der Waals surface area contributed by atoms with Gasteiger partial charge in [0.05, 0.1) is 31.5 Å². The average Bonchev–Trinajstić information content (AvgIpc) is 3.83. The lowest BCUT2D eigenvalue weighted by atomic mass is 10.0. The molecule has 0 spiro atoms. The van der Waals surface area contributed by atoms with Gasteiger partial charge in [-0.25, -0.2) is 9.78 Å². The highest BCUT2D eigenvalue weighted by atomic mass is 19.4. The number of carbonyl (C=O) groups is 3. The van der Waals surface area contributed by atoms with Crippen LogP contribution in [0.1, 0.15) is 68.6 Å². The fourth-order valence-corrected chi connectivity index (χ4v) is 6.03. The number of benzene rings is 3. The van der Waals surface area contributed by atoms with Gasteiger partial charge < -0.3 is 29.5 Å². The fraction of sp³-hybridized carbons (Fsp3) is 0.316. The van der Waals surface area contributed by atoms with Gasteiger partial charge in [-0.3, -0.25) is 9.59 Å². The normalized spacial score (nSPS) is 12.1. The maximum absolute atomic E-state index is 13.6. The molecule has 1 atom stereocenters. The van der Waals surface area contributed by atoms with Gasteiger partial charge in [0.25, 0.3) is 0 Å². The van der Waals surface area contributed by atoms with Gasteiger partial charge in [0, 0.05) is 45.8 Å². The zero-order chi connectivity index (χ0) is 36.7. The Kier molecular flexibility index (Phi) is 11.5. The minimum atomic E-state index is -5.08. The Balaban J connectivity index is 0.000000654. The first-order valence-electron chi connectivity index (χ1n) is 16.6. The number of aliphatic carboxylic acids is 1. The molecule has 3 aromatic heterocycles. The molecule has 0 aliphatic heterocycles. The Morgan fingerprint density at radius 2 is 1.73 bits per heavy atom. The highest BCUT2D eigenvalue weighted by Crippen LogP contribution is 2.35. The number of H-pyrrole nitrogens is 2. The zero-order valence-electron chi connectivity index (χ0n) is 28.4. The number of hydrogen-bond donors (Lipinski definition) is 4. The summed E-state index contributed by atoms with van der Waals surface area (Å²) in [7, 11) is 1.64. The zero-order valence-corrected chi connectivity index (χ0v) is 28.4. The second-order valence-corrected chi connectivity index (χ2v) is 12.2. The number of fused-ring (bicyclic) bond motifs is 4. The molecule has 0 radical (unpaired) electrons. The van der Waals surface area contributed by atoms with Gasteiger partial charge in [-0.2, -0.15) is 13.2 Å². The molecule has 3 heterocycles. The monoisotopic (exact) mass is 704 g/mol. The SMILES string of the molecule is CCC(=O)CCCCCC(NC(=O)Cc1c(C)[nH]c2ccc(OC)cc12)c1ncc(-c2cccc3c2oc2ccccc23)[nH]1.O=C(O)C(F)(F)F. The number of ether oxygens (including phenoxy) is 1. The maximum Gasteiger partial charge on any atom is 0.490 e. The number of imidazole rings is 1. The third-order valence-electron chi connectivity index (χ3n) is 8.70. The van der Waals surface area contributed by atoms with E-state index in [4.69, 9.17) is 24.0 Å². The number of amides is 1. The third-order valence-corrected chi connectivity index (χ3v) is 8.70. The average molecular weight is 705 g/mol. The first-order valence-corrected chi connectivity index (χ1v) is 16.6. The van der Waals surface area contributed by atoms with Crippen LogP contribution in [0.2, 0.25) is 0 Å². The number of aromatic amines is 2. The Hall–Kier alpha value is -5.59. The van der Waals surface area contributed by atoms with Crippen LogP contribution < -0.4 is 10.1 Å². The van der Waals surface area contributed by atoms with Crippen molar-refractivity contribution in [2.45, 2.75) is 71.0 Å². The van der Waals surface area contributed by atoms with Crippen LogP contribution in [-0.2, 0) is 20.8 Å². The van der Waals surface area contributed by atoms with E-state index in [-0.39, 0.29) is 24.2 Å². The summed E-state index contributed by atoms with van der Waals surface area (Å²) in [4.78, 5) is 45.9. The highest BCUT2D eigenvalue weighted by Gasteiger charge is 2.38. The van der Waals surface area contributed by atoms with E-state index in [1.54, 1.807) is 7.11 Å². The minimum Gasteiger partial charge on any atom is -0.497 e. The Labute approximate surface area is 291 Å². The molecule has 1 unspecified atom stereocenters. The first kappa shape index (κ1) is 36.7. The number of ketones is 1. The topological polar surface area (TPSA) is 150 Å². The molecule has 1 amide bonds. The molecule has 268 valence electrons. The van der Waals surface area contributed by atoms with Crippen LogP contribution in [0.25, 0.3) is 44.1 Å². The molecule has 0 saturated heterocycles. The van der Waals surface area contributed by atoms with Crippen molar-refractivity contribution in [2.24, 2.45) is 0 Å². The number of Topliss-reactive ketones (excluding diaryl/α,β-unsaturated/α-hetero) is 1. The smallest absolute Gasteiger partial charge is 0.490 e. The molecule has 0 aliphatic rings. The van der Waals surface area contributed by atoms with Gasteiger partial charge in [0.1, 0.15) is 28.5 Å². The number of nitrogens with zero attached hydrogens (tertiary/aromatic N) is 1. The van der Waals surface area contributed by atoms with E-state index in [9.17, 15) is 22.8 Å². The van der Waals surface area contributed by atoms with Crippen molar-refractivity contribution in [3.8, 4) is 17.0 Å². The van der Waals surface area contributed by atoms with Crippen molar-refractivity contribution < 1.29 is 41.8 Å². The lowest BCUT2D eigenvalue weighted by Crippen LogP contribution is -2.30. The Bertz CT molecular complexity index is 2160. The van der Waals surface area contributed by atoms with E-state index in [2.05, 4.69) is 27.4 Å². The molecule has 13 heteroatoms. The highest BCUT2D eigenvalue weighted by molar-refractivity contribution is 6.09. The summed E-state index contributed by atoms with van der Waals surface area (Å²) in [5.41, 5.74) is 6.27. The van der Waals surface area contributed by atoms with Crippen molar-refractivity contribution in [1.82, 2.24) is 20.3 Å². The number of nitrogens with one attached hydrogen (secondary N) is 3. The summed E-state index contributed by atoms with van der Waals surface area (Å²) in [5, 5.41) is 13.5. The van der Waals surface area contributed by atoms with Crippen molar-refractivity contribution >= 4 is 50.5 Å². The minimum absolute atomic E-state index is 0.0830. The van der Waals surface area contributed by atoms with Crippen LogP contribution in [-0.4, -0.2) is 51.0 Å².